The molecule has 2 aromatic heterocycles. The molecule has 152 valence electrons. The molecule has 0 amide bonds. The maximum absolute atomic E-state index is 5.41. The minimum atomic E-state index is 0.435. The summed E-state index contributed by atoms with van der Waals surface area (Å²) in [5.74, 6) is 4.02. The zero-order chi connectivity index (χ0) is 19.6. The summed E-state index contributed by atoms with van der Waals surface area (Å²) in [5, 5.41) is 7.09. The summed E-state index contributed by atoms with van der Waals surface area (Å²) in [5.41, 5.74) is 1.07. The standard InChI is InChI=1S/C21H31N5OS/c1-17-5-3-7-20(24-17)26-13-9-18(10-14-26)25-21(23-12-16-28-2)22-11-8-19-6-4-15-27-19/h3-7,15,18H,8-14,16H2,1-2H3,(H2,22,23,25). The summed E-state index contributed by atoms with van der Waals surface area (Å²) < 4.78 is 5.41. The number of anilines is 1. The van der Waals surface area contributed by atoms with E-state index in [2.05, 4.69) is 38.9 Å². The highest BCUT2D eigenvalue weighted by molar-refractivity contribution is 7.98. The van der Waals surface area contributed by atoms with E-state index in [-0.39, 0.29) is 0 Å². The first-order chi connectivity index (χ1) is 13.7. The van der Waals surface area contributed by atoms with Crippen LogP contribution in [0.4, 0.5) is 5.82 Å². The molecule has 0 spiro atoms. The van der Waals surface area contributed by atoms with Gasteiger partial charge in [0.2, 0.25) is 0 Å². The van der Waals surface area contributed by atoms with Gasteiger partial charge >= 0.3 is 0 Å². The number of aromatic nitrogens is 1. The van der Waals surface area contributed by atoms with Gasteiger partial charge < -0.3 is 20.0 Å². The minimum Gasteiger partial charge on any atom is -0.469 e. The summed E-state index contributed by atoms with van der Waals surface area (Å²) in [4.78, 5) is 11.8. The van der Waals surface area contributed by atoms with Gasteiger partial charge in [-0.1, -0.05) is 6.07 Å². The zero-order valence-electron chi connectivity index (χ0n) is 16.9. The van der Waals surface area contributed by atoms with E-state index in [1.165, 1.54) is 0 Å². The Morgan fingerprint density at radius 3 is 2.86 bits per heavy atom. The van der Waals surface area contributed by atoms with E-state index in [1.807, 2.05) is 36.9 Å². The van der Waals surface area contributed by atoms with Crippen LogP contribution in [0.15, 0.2) is 46.0 Å². The van der Waals surface area contributed by atoms with Crippen molar-refractivity contribution in [3.05, 3.63) is 48.0 Å². The fourth-order valence-corrected chi connectivity index (χ4v) is 3.59. The maximum atomic E-state index is 5.41. The van der Waals surface area contributed by atoms with Gasteiger partial charge in [0, 0.05) is 43.5 Å². The highest BCUT2D eigenvalue weighted by Crippen LogP contribution is 2.18. The van der Waals surface area contributed by atoms with Crippen molar-refractivity contribution in [2.45, 2.75) is 32.2 Å². The van der Waals surface area contributed by atoms with Gasteiger partial charge in [0.15, 0.2) is 5.96 Å². The van der Waals surface area contributed by atoms with Crippen molar-refractivity contribution >= 4 is 23.5 Å². The van der Waals surface area contributed by atoms with Crippen molar-refractivity contribution in [3.63, 3.8) is 0 Å². The Hall–Kier alpha value is -2.15. The van der Waals surface area contributed by atoms with Crippen LogP contribution < -0.4 is 15.5 Å². The number of hydrogen-bond donors (Lipinski definition) is 2. The number of hydrogen-bond acceptors (Lipinski definition) is 5. The first-order valence-corrected chi connectivity index (χ1v) is 11.4. The number of piperidine rings is 1. The van der Waals surface area contributed by atoms with Gasteiger partial charge in [0.25, 0.3) is 0 Å². The van der Waals surface area contributed by atoms with Crippen molar-refractivity contribution in [1.29, 1.82) is 0 Å². The van der Waals surface area contributed by atoms with Crippen molar-refractivity contribution in [2.75, 3.05) is 43.1 Å². The number of nitrogens with one attached hydrogen (secondary N) is 2. The molecule has 1 aliphatic heterocycles. The van der Waals surface area contributed by atoms with Crippen LogP contribution in [-0.4, -0.2) is 55.2 Å². The SMILES string of the molecule is CSCCN=C(NCCc1ccco1)NC1CCN(c2cccc(C)n2)CC1. The minimum absolute atomic E-state index is 0.435. The number of thioether (sulfide) groups is 1. The van der Waals surface area contributed by atoms with Gasteiger partial charge in [-0.3, -0.25) is 4.99 Å². The fourth-order valence-electron chi connectivity index (χ4n) is 3.31. The summed E-state index contributed by atoms with van der Waals surface area (Å²) in [7, 11) is 0. The van der Waals surface area contributed by atoms with Gasteiger partial charge in [-0.25, -0.2) is 4.98 Å². The molecule has 0 unspecified atom stereocenters. The summed E-state index contributed by atoms with van der Waals surface area (Å²) >= 11 is 1.82. The molecular formula is C21H31N5OS. The number of aliphatic imine (C=N–C) groups is 1. The molecule has 0 radical (unpaired) electrons. The second-order valence-electron chi connectivity index (χ2n) is 7.02. The van der Waals surface area contributed by atoms with E-state index in [4.69, 9.17) is 9.41 Å². The lowest BCUT2D eigenvalue weighted by Gasteiger charge is -2.34. The first-order valence-electron chi connectivity index (χ1n) is 9.99. The van der Waals surface area contributed by atoms with Crippen LogP contribution in [0, 0.1) is 6.92 Å². The molecule has 0 aliphatic carbocycles. The molecule has 7 heteroatoms. The van der Waals surface area contributed by atoms with Gasteiger partial charge in [-0.05, 0) is 50.3 Å². The quantitative estimate of drug-likeness (QED) is 0.403. The van der Waals surface area contributed by atoms with Gasteiger partial charge in [-0.2, -0.15) is 11.8 Å². The van der Waals surface area contributed by atoms with Crippen LogP contribution in [0.25, 0.3) is 0 Å². The van der Waals surface area contributed by atoms with Crippen LogP contribution in [0.3, 0.4) is 0 Å². The third-order valence-corrected chi connectivity index (χ3v) is 5.43. The van der Waals surface area contributed by atoms with Crippen LogP contribution in [0.2, 0.25) is 0 Å². The number of aryl methyl sites for hydroxylation is 1. The largest absolute Gasteiger partial charge is 0.469 e. The molecule has 6 nitrogen and oxygen atoms in total. The summed E-state index contributed by atoms with van der Waals surface area (Å²) in [6.45, 7) is 5.70. The zero-order valence-corrected chi connectivity index (χ0v) is 17.7. The normalized spacial score (nSPS) is 15.6. The molecule has 1 fully saturated rings. The average molecular weight is 402 g/mol. The number of pyridine rings is 1. The van der Waals surface area contributed by atoms with Gasteiger partial charge in [0.1, 0.15) is 11.6 Å². The number of guanidine groups is 1. The molecule has 1 aliphatic rings. The molecule has 0 bridgehead atoms. The Morgan fingerprint density at radius 2 is 2.14 bits per heavy atom. The van der Waals surface area contributed by atoms with E-state index in [1.54, 1.807) is 6.26 Å². The Balaban J connectivity index is 1.48. The van der Waals surface area contributed by atoms with E-state index >= 15 is 0 Å². The molecule has 1 saturated heterocycles. The van der Waals surface area contributed by atoms with Crippen molar-refractivity contribution in [2.24, 2.45) is 4.99 Å². The number of furan rings is 1. The predicted octanol–water partition coefficient (Wildman–Crippen LogP) is 3.09. The monoisotopic (exact) mass is 401 g/mol. The Morgan fingerprint density at radius 1 is 1.29 bits per heavy atom. The second kappa shape index (κ2) is 11.0. The summed E-state index contributed by atoms with van der Waals surface area (Å²) in [6.07, 6.45) is 6.85. The third-order valence-electron chi connectivity index (χ3n) is 4.84. The van der Waals surface area contributed by atoms with Crippen LogP contribution in [-0.2, 0) is 6.42 Å². The molecule has 0 saturated carbocycles. The highest BCUT2D eigenvalue weighted by atomic mass is 32.2. The highest BCUT2D eigenvalue weighted by Gasteiger charge is 2.21. The van der Waals surface area contributed by atoms with E-state index < -0.39 is 0 Å². The lowest BCUT2D eigenvalue weighted by molar-refractivity contribution is 0.458. The van der Waals surface area contributed by atoms with E-state index in [0.717, 1.165) is 74.4 Å². The number of rotatable bonds is 8. The summed E-state index contributed by atoms with van der Waals surface area (Å²) in [6, 6.07) is 10.6. The smallest absolute Gasteiger partial charge is 0.191 e. The average Bonchev–Trinajstić information content (AvgIpc) is 3.22. The molecule has 3 rings (SSSR count). The molecule has 2 aromatic rings. The Labute approximate surface area is 172 Å². The molecule has 0 aromatic carbocycles. The molecule has 28 heavy (non-hydrogen) atoms. The molecule has 0 atom stereocenters. The van der Waals surface area contributed by atoms with Gasteiger partial charge in [-0.15, -0.1) is 0 Å². The molecule has 2 N–H and O–H groups in total. The third kappa shape index (κ3) is 6.48. The lowest BCUT2D eigenvalue weighted by Crippen LogP contribution is -2.49. The van der Waals surface area contributed by atoms with E-state index in [9.17, 15) is 0 Å². The second-order valence-corrected chi connectivity index (χ2v) is 8.01. The van der Waals surface area contributed by atoms with Crippen LogP contribution in [0.5, 0.6) is 0 Å². The predicted molar refractivity (Wildman–Crippen MR) is 118 cm³/mol. The lowest BCUT2D eigenvalue weighted by atomic mass is 10.1. The molecule has 3 heterocycles. The van der Waals surface area contributed by atoms with Crippen LogP contribution >= 0.6 is 11.8 Å². The maximum Gasteiger partial charge on any atom is 0.191 e. The Bertz CT molecular complexity index is 726. The van der Waals surface area contributed by atoms with E-state index in [0.29, 0.717) is 6.04 Å². The Kier molecular flexibility index (Phi) is 8.08. The van der Waals surface area contributed by atoms with Gasteiger partial charge in [0.05, 0.1) is 12.8 Å². The molecular weight excluding hydrogens is 370 g/mol. The van der Waals surface area contributed by atoms with Crippen LogP contribution in [0.1, 0.15) is 24.3 Å². The van der Waals surface area contributed by atoms with Crippen molar-refractivity contribution in [1.82, 2.24) is 15.6 Å². The number of nitrogens with zero attached hydrogens (tertiary/aromatic N) is 3. The first kappa shape index (κ1) is 20.6. The van der Waals surface area contributed by atoms with Crippen molar-refractivity contribution in [3.8, 4) is 0 Å². The topological polar surface area (TPSA) is 65.7 Å². The van der Waals surface area contributed by atoms with Crippen molar-refractivity contribution < 1.29 is 4.42 Å². The fraction of sp³-hybridized carbons (Fsp3) is 0.524.